The van der Waals surface area contributed by atoms with Gasteiger partial charge in [-0.3, -0.25) is 10.1 Å². The van der Waals surface area contributed by atoms with Crippen molar-refractivity contribution in [1.29, 1.82) is 0 Å². The van der Waals surface area contributed by atoms with Crippen molar-refractivity contribution in [1.82, 2.24) is 14.8 Å². The molecule has 0 radical (unpaired) electrons. The number of thiazole rings is 1. The molecule has 0 aliphatic carbocycles. The molecule has 0 saturated carbocycles. The van der Waals surface area contributed by atoms with Gasteiger partial charge in [0, 0.05) is 23.2 Å². The fourth-order valence-electron chi connectivity index (χ4n) is 2.87. The van der Waals surface area contributed by atoms with E-state index in [4.69, 9.17) is 0 Å². The van der Waals surface area contributed by atoms with Gasteiger partial charge in [0.25, 0.3) is 5.91 Å². The van der Waals surface area contributed by atoms with Crippen LogP contribution in [-0.4, -0.2) is 20.7 Å². The summed E-state index contributed by atoms with van der Waals surface area (Å²) in [5, 5.41) is 7.68. The number of benzene rings is 2. The molecule has 1 N–H and O–H groups in total. The number of carbonyl (C=O) groups is 1. The third kappa shape index (κ3) is 3.99. The highest BCUT2D eigenvalue weighted by atomic mass is 32.1. The van der Waals surface area contributed by atoms with Crippen LogP contribution in [0.2, 0.25) is 0 Å². The van der Waals surface area contributed by atoms with E-state index in [2.05, 4.69) is 15.4 Å². The minimum atomic E-state index is -0.315. The average Bonchev–Trinajstić information content (AvgIpc) is 3.29. The summed E-state index contributed by atoms with van der Waals surface area (Å²) in [6.07, 6.45) is 2.26. The lowest BCUT2D eigenvalue weighted by Gasteiger charge is -2.02. The van der Waals surface area contributed by atoms with Gasteiger partial charge in [-0.1, -0.05) is 30.3 Å². The first-order valence-electron chi connectivity index (χ1n) is 8.71. The minimum absolute atomic E-state index is 0.264. The number of amides is 1. The Bertz CT molecular complexity index is 1120. The fraction of sp³-hybridized carbons (Fsp3) is 0.0952. The first kappa shape index (κ1) is 18.1. The van der Waals surface area contributed by atoms with Gasteiger partial charge in [-0.05, 0) is 42.8 Å². The molecule has 0 fully saturated rings. The topological polar surface area (TPSA) is 59.8 Å². The molecule has 2 aromatic carbocycles. The molecule has 1 amide bonds. The van der Waals surface area contributed by atoms with Crippen molar-refractivity contribution in [2.75, 3.05) is 5.32 Å². The van der Waals surface area contributed by atoms with Crippen molar-refractivity contribution < 1.29 is 9.18 Å². The smallest absolute Gasteiger partial charge is 0.277 e. The minimum Gasteiger partial charge on any atom is -0.296 e. The Morgan fingerprint density at radius 3 is 2.75 bits per heavy atom. The number of nitrogens with one attached hydrogen (secondary N) is 1. The van der Waals surface area contributed by atoms with Crippen molar-refractivity contribution in [2.24, 2.45) is 0 Å². The predicted molar refractivity (Wildman–Crippen MR) is 108 cm³/mol. The Morgan fingerprint density at radius 2 is 1.96 bits per heavy atom. The van der Waals surface area contributed by atoms with Crippen molar-refractivity contribution in [2.45, 2.75) is 13.3 Å². The quantitative estimate of drug-likeness (QED) is 0.539. The Labute approximate surface area is 165 Å². The van der Waals surface area contributed by atoms with Gasteiger partial charge in [0.1, 0.15) is 5.82 Å². The Morgan fingerprint density at radius 1 is 1.14 bits per heavy atom. The second kappa shape index (κ2) is 7.74. The highest BCUT2D eigenvalue weighted by Crippen LogP contribution is 2.22. The number of hydrogen-bond donors (Lipinski definition) is 1. The average molecular weight is 392 g/mol. The number of aromatic nitrogens is 3. The third-order valence-corrected chi connectivity index (χ3v) is 5.07. The van der Waals surface area contributed by atoms with E-state index in [0.717, 1.165) is 21.8 Å². The molecule has 0 aliphatic heterocycles. The molecule has 2 heterocycles. The molecule has 0 bridgehead atoms. The Balaban J connectivity index is 1.47. The Hall–Kier alpha value is -3.32. The van der Waals surface area contributed by atoms with Crippen LogP contribution in [0.5, 0.6) is 0 Å². The standard InChI is InChI=1S/C21H17FN4OS/c1-14-10-19(25-26(14)17-8-3-2-4-9-17)20(27)24-21-23-13-18(28-21)12-15-6-5-7-16(22)11-15/h2-11,13H,12H2,1H3,(H,23,24,27). The van der Waals surface area contributed by atoms with Crippen LogP contribution in [0.1, 0.15) is 26.6 Å². The first-order valence-corrected chi connectivity index (χ1v) is 9.53. The molecule has 0 saturated heterocycles. The lowest BCUT2D eigenvalue weighted by Crippen LogP contribution is -2.12. The predicted octanol–water partition coefficient (Wildman–Crippen LogP) is 4.62. The zero-order valence-electron chi connectivity index (χ0n) is 15.1. The van der Waals surface area contributed by atoms with Crippen LogP contribution in [0.3, 0.4) is 0 Å². The number of nitrogens with zero attached hydrogens (tertiary/aromatic N) is 3. The molecule has 0 atom stereocenters. The maximum atomic E-state index is 13.3. The molecular weight excluding hydrogens is 375 g/mol. The lowest BCUT2D eigenvalue weighted by atomic mass is 10.1. The van der Waals surface area contributed by atoms with Crippen molar-refractivity contribution in [3.05, 3.63) is 94.5 Å². The summed E-state index contributed by atoms with van der Waals surface area (Å²) >= 11 is 1.36. The summed E-state index contributed by atoms with van der Waals surface area (Å²) in [4.78, 5) is 17.7. The molecule has 0 aliphatic rings. The highest BCUT2D eigenvalue weighted by Gasteiger charge is 2.15. The maximum absolute atomic E-state index is 13.3. The molecule has 2 aromatic heterocycles. The van der Waals surface area contributed by atoms with Crippen LogP contribution >= 0.6 is 11.3 Å². The summed E-state index contributed by atoms with van der Waals surface area (Å²) < 4.78 is 15.0. The molecule has 5 nitrogen and oxygen atoms in total. The molecular formula is C21H17FN4OS. The zero-order valence-corrected chi connectivity index (χ0v) is 15.9. The lowest BCUT2D eigenvalue weighted by molar-refractivity contribution is 0.102. The molecule has 140 valence electrons. The largest absolute Gasteiger partial charge is 0.296 e. The summed E-state index contributed by atoms with van der Waals surface area (Å²) in [5.74, 6) is -0.579. The van der Waals surface area contributed by atoms with Gasteiger partial charge in [-0.25, -0.2) is 14.1 Å². The van der Waals surface area contributed by atoms with Crippen LogP contribution in [0.25, 0.3) is 5.69 Å². The van der Waals surface area contributed by atoms with E-state index in [1.54, 1.807) is 23.0 Å². The van der Waals surface area contributed by atoms with Gasteiger partial charge in [-0.15, -0.1) is 11.3 Å². The molecule has 4 aromatic rings. The van der Waals surface area contributed by atoms with Crippen LogP contribution in [-0.2, 0) is 6.42 Å². The molecule has 28 heavy (non-hydrogen) atoms. The summed E-state index contributed by atoms with van der Waals surface area (Å²) in [6, 6.07) is 17.8. The number of rotatable bonds is 5. The molecule has 7 heteroatoms. The summed E-state index contributed by atoms with van der Waals surface area (Å²) in [6.45, 7) is 1.90. The van der Waals surface area contributed by atoms with E-state index in [9.17, 15) is 9.18 Å². The van der Waals surface area contributed by atoms with E-state index >= 15 is 0 Å². The van der Waals surface area contributed by atoms with Gasteiger partial charge in [0.15, 0.2) is 10.8 Å². The number of hydrogen-bond acceptors (Lipinski definition) is 4. The highest BCUT2D eigenvalue weighted by molar-refractivity contribution is 7.15. The Kier molecular flexibility index (Phi) is 4.99. The molecule has 4 rings (SSSR count). The third-order valence-electron chi connectivity index (χ3n) is 4.16. The van der Waals surface area contributed by atoms with Crippen molar-refractivity contribution >= 4 is 22.4 Å². The zero-order chi connectivity index (χ0) is 19.5. The van der Waals surface area contributed by atoms with Crippen LogP contribution in [0.15, 0.2) is 66.9 Å². The number of carbonyl (C=O) groups excluding carboxylic acids is 1. The summed E-state index contributed by atoms with van der Waals surface area (Å²) in [7, 11) is 0. The van der Waals surface area contributed by atoms with E-state index in [1.165, 1.54) is 23.5 Å². The fourth-order valence-corrected chi connectivity index (χ4v) is 3.71. The number of aryl methyl sites for hydroxylation is 1. The monoisotopic (exact) mass is 392 g/mol. The van der Waals surface area contributed by atoms with E-state index in [1.807, 2.05) is 43.3 Å². The van der Waals surface area contributed by atoms with Gasteiger partial charge in [-0.2, -0.15) is 5.10 Å². The summed E-state index contributed by atoms with van der Waals surface area (Å²) in [5.41, 5.74) is 2.94. The van der Waals surface area contributed by atoms with Gasteiger partial charge >= 0.3 is 0 Å². The van der Waals surface area contributed by atoms with Crippen molar-refractivity contribution in [3.63, 3.8) is 0 Å². The van der Waals surface area contributed by atoms with E-state index in [-0.39, 0.29) is 11.7 Å². The molecule has 0 spiro atoms. The molecule has 0 unspecified atom stereocenters. The number of para-hydroxylation sites is 1. The van der Waals surface area contributed by atoms with E-state index in [0.29, 0.717) is 17.2 Å². The van der Waals surface area contributed by atoms with Gasteiger partial charge < -0.3 is 0 Å². The normalized spacial score (nSPS) is 10.8. The SMILES string of the molecule is Cc1cc(C(=O)Nc2ncc(Cc3cccc(F)c3)s2)nn1-c1ccccc1. The van der Waals surface area contributed by atoms with Crippen LogP contribution in [0, 0.1) is 12.7 Å². The second-order valence-corrected chi connectivity index (χ2v) is 7.43. The number of anilines is 1. The first-order chi connectivity index (χ1) is 13.6. The van der Waals surface area contributed by atoms with Crippen molar-refractivity contribution in [3.8, 4) is 5.69 Å². The second-order valence-electron chi connectivity index (χ2n) is 6.31. The van der Waals surface area contributed by atoms with Gasteiger partial charge in [0.05, 0.1) is 5.69 Å². The maximum Gasteiger partial charge on any atom is 0.277 e. The van der Waals surface area contributed by atoms with Gasteiger partial charge in [0.2, 0.25) is 0 Å². The number of halogens is 1. The van der Waals surface area contributed by atoms with Crippen LogP contribution < -0.4 is 5.32 Å². The van der Waals surface area contributed by atoms with E-state index < -0.39 is 0 Å². The van der Waals surface area contributed by atoms with Crippen LogP contribution in [0.4, 0.5) is 9.52 Å².